The zero-order valence-corrected chi connectivity index (χ0v) is 5.51. The molecule has 0 saturated carbocycles. The van der Waals surface area contributed by atoms with Gasteiger partial charge in [-0.15, -0.1) is 0 Å². The van der Waals surface area contributed by atoms with E-state index in [0.717, 1.165) is 0 Å². The Morgan fingerprint density at radius 1 is 1.62 bits per heavy atom. The Balaban J connectivity index is 3.56. The maximum atomic E-state index is 5.20. The second kappa shape index (κ2) is 3.29. The lowest BCUT2D eigenvalue weighted by molar-refractivity contribution is 0.392. The van der Waals surface area contributed by atoms with Gasteiger partial charge in [-0.2, -0.15) is 0 Å². The Hall–Kier alpha value is -0.730. The Bertz CT molecular complexity index is 88.4. The number of nitrogens with two attached hydrogens (primary N) is 1. The standard InChI is InChI=1S/C5H12N2O/c1-4(2)7-5(6)8-3/h4H,1-3H3,(H2,6,7). The van der Waals surface area contributed by atoms with Crippen LogP contribution >= 0.6 is 0 Å². The molecule has 0 heterocycles. The average Bonchev–Trinajstić information content (AvgIpc) is 1.65. The molecule has 0 spiro atoms. The van der Waals surface area contributed by atoms with Crippen LogP contribution in [0.3, 0.4) is 0 Å². The van der Waals surface area contributed by atoms with E-state index in [1.54, 1.807) is 0 Å². The van der Waals surface area contributed by atoms with Crippen LogP contribution in [0.5, 0.6) is 0 Å². The SMILES string of the molecule is COC(N)=NC(C)C. The highest BCUT2D eigenvalue weighted by atomic mass is 16.5. The molecule has 0 atom stereocenters. The van der Waals surface area contributed by atoms with E-state index in [-0.39, 0.29) is 12.1 Å². The Morgan fingerprint density at radius 2 is 2.12 bits per heavy atom. The van der Waals surface area contributed by atoms with Crippen molar-refractivity contribution in [3.8, 4) is 0 Å². The van der Waals surface area contributed by atoms with E-state index in [0.29, 0.717) is 0 Å². The zero-order valence-electron chi connectivity index (χ0n) is 5.51. The van der Waals surface area contributed by atoms with E-state index in [1.807, 2.05) is 13.8 Å². The molecule has 0 saturated heterocycles. The van der Waals surface area contributed by atoms with E-state index in [2.05, 4.69) is 9.73 Å². The second-order valence-corrected chi connectivity index (χ2v) is 1.77. The van der Waals surface area contributed by atoms with Gasteiger partial charge in [0.05, 0.1) is 7.11 Å². The largest absolute Gasteiger partial charge is 0.469 e. The lowest BCUT2D eigenvalue weighted by atomic mass is 10.4. The Kier molecular flexibility index (Phi) is 2.99. The smallest absolute Gasteiger partial charge is 0.281 e. The zero-order chi connectivity index (χ0) is 6.57. The summed E-state index contributed by atoms with van der Waals surface area (Å²) in [6.45, 7) is 3.87. The first kappa shape index (κ1) is 7.27. The van der Waals surface area contributed by atoms with Crippen molar-refractivity contribution in [2.75, 3.05) is 7.11 Å². The quantitative estimate of drug-likeness (QED) is 0.397. The molecule has 0 aliphatic carbocycles. The van der Waals surface area contributed by atoms with E-state index >= 15 is 0 Å². The molecule has 8 heavy (non-hydrogen) atoms. The van der Waals surface area contributed by atoms with Crippen LogP contribution in [0.4, 0.5) is 0 Å². The molecule has 0 fully saturated rings. The van der Waals surface area contributed by atoms with Crippen LogP contribution < -0.4 is 5.73 Å². The third kappa shape index (κ3) is 3.46. The molecule has 0 unspecified atom stereocenters. The first-order valence-electron chi connectivity index (χ1n) is 2.54. The molecule has 0 aromatic heterocycles. The summed E-state index contributed by atoms with van der Waals surface area (Å²) in [6, 6.07) is 0.468. The van der Waals surface area contributed by atoms with Crippen molar-refractivity contribution in [2.45, 2.75) is 19.9 Å². The van der Waals surface area contributed by atoms with E-state index < -0.39 is 0 Å². The van der Waals surface area contributed by atoms with E-state index in [4.69, 9.17) is 5.73 Å². The van der Waals surface area contributed by atoms with Gasteiger partial charge < -0.3 is 10.5 Å². The minimum absolute atomic E-state index is 0.218. The van der Waals surface area contributed by atoms with E-state index in [1.165, 1.54) is 7.11 Å². The minimum Gasteiger partial charge on any atom is -0.469 e. The fourth-order valence-electron chi connectivity index (χ4n) is 0.307. The first-order chi connectivity index (χ1) is 3.66. The molecule has 0 aliphatic heterocycles. The van der Waals surface area contributed by atoms with Crippen molar-refractivity contribution in [2.24, 2.45) is 10.7 Å². The van der Waals surface area contributed by atoms with Crippen molar-refractivity contribution in [3.63, 3.8) is 0 Å². The van der Waals surface area contributed by atoms with Crippen molar-refractivity contribution in [1.29, 1.82) is 0 Å². The van der Waals surface area contributed by atoms with Gasteiger partial charge in [0.1, 0.15) is 0 Å². The maximum absolute atomic E-state index is 5.20. The number of methoxy groups -OCH3 is 1. The van der Waals surface area contributed by atoms with Gasteiger partial charge in [-0.05, 0) is 13.8 Å². The third-order valence-corrected chi connectivity index (χ3v) is 0.595. The Morgan fingerprint density at radius 3 is 2.25 bits per heavy atom. The highest BCUT2D eigenvalue weighted by Crippen LogP contribution is 1.84. The monoisotopic (exact) mass is 116 g/mol. The number of nitrogens with zero attached hydrogens (tertiary/aromatic N) is 1. The average molecular weight is 116 g/mol. The van der Waals surface area contributed by atoms with Crippen molar-refractivity contribution in [1.82, 2.24) is 0 Å². The molecular formula is C5H12N2O. The first-order valence-corrected chi connectivity index (χ1v) is 2.54. The molecule has 0 aromatic rings. The van der Waals surface area contributed by atoms with Gasteiger partial charge in [0.15, 0.2) is 0 Å². The van der Waals surface area contributed by atoms with E-state index in [9.17, 15) is 0 Å². The highest BCUT2D eigenvalue weighted by molar-refractivity contribution is 5.71. The van der Waals surface area contributed by atoms with Crippen molar-refractivity contribution < 1.29 is 4.74 Å². The summed E-state index contributed by atoms with van der Waals surface area (Å²) in [7, 11) is 1.50. The number of amidine groups is 1. The topological polar surface area (TPSA) is 47.6 Å². The molecule has 0 bridgehead atoms. The van der Waals surface area contributed by atoms with Crippen LogP contribution in [0, 0.1) is 0 Å². The lowest BCUT2D eigenvalue weighted by Gasteiger charge is -1.98. The predicted octanol–water partition coefficient (Wildman–Crippen LogP) is 0.356. The van der Waals surface area contributed by atoms with Gasteiger partial charge in [0, 0.05) is 6.04 Å². The van der Waals surface area contributed by atoms with Crippen LogP contribution in [0.1, 0.15) is 13.8 Å². The van der Waals surface area contributed by atoms with Gasteiger partial charge in [0.2, 0.25) is 0 Å². The number of rotatable bonds is 1. The molecule has 0 rings (SSSR count). The lowest BCUT2D eigenvalue weighted by Crippen LogP contribution is -2.15. The number of hydrogen-bond acceptors (Lipinski definition) is 2. The summed E-state index contributed by atoms with van der Waals surface area (Å²) in [4.78, 5) is 3.87. The molecule has 0 aromatic carbocycles. The van der Waals surface area contributed by atoms with Gasteiger partial charge in [-0.1, -0.05) is 0 Å². The highest BCUT2D eigenvalue weighted by Gasteiger charge is 1.88. The van der Waals surface area contributed by atoms with Crippen LogP contribution in [0.15, 0.2) is 4.99 Å². The van der Waals surface area contributed by atoms with Gasteiger partial charge in [-0.3, -0.25) is 0 Å². The summed E-state index contributed by atoms with van der Waals surface area (Å²) in [5.41, 5.74) is 5.20. The fraction of sp³-hybridized carbons (Fsp3) is 0.800. The molecule has 3 nitrogen and oxygen atoms in total. The summed E-state index contributed by atoms with van der Waals surface area (Å²) in [5, 5.41) is 0. The van der Waals surface area contributed by atoms with Crippen molar-refractivity contribution in [3.05, 3.63) is 0 Å². The van der Waals surface area contributed by atoms with Crippen LogP contribution in [-0.2, 0) is 4.74 Å². The normalized spacial score (nSPS) is 12.2. The van der Waals surface area contributed by atoms with Gasteiger partial charge >= 0.3 is 0 Å². The molecule has 2 N–H and O–H groups in total. The third-order valence-electron chi connectivity index (χ3n) is 0.595. The molecule has 0 aliphatic rings. The Labute approximate surface area is 49.5 Å². The fourth-order valence-corrected chi connectivity index (χ4v) is 0.307. The minimum atomic E-state index is 0.218. The molecule has 0 amide bonds. The van der Waals surface area contributed by atoms with Gasteiger partial charge in [-0.25, -0.2) is 4.99 Å². The molecule has 0 radical (unpaired) electrons. The number of ether oxygens (including phenoxy) is 1. The van der Waals surface area contributed by atoms with Crippen molar-refractivity contribution >= 4 is 6.02 Å². The molecule has 48 valence electrons. The van der Waals surface area contributed by atoms with Crippen LogP contribution in [-0.4, -0.2) is 19.2 Å². The molecule has 3 heteroatoms. The van der Waals surface area contributed by atoms with Gasteiger partial charge in [0.25, 0.3) is 6.02 Å². The maximum Gasteiger partial charge on any atom is 0.281 e. The second-order valence-electron chi connectivity index (χ2n) is 1.77. The van der Waals surface area contributed by atoms with Crippen LogP contribution in [0.2, 0.25) is 0 Å². The predicted molar refractivity (Wildman–Crippen MR) is 33.8 cm³/mol. The summed E-state index contributed by atoms with van der Waals surface area (Å²) < 4.78 is 4.59. The molecular weight excluding hydrogens is 104 g/mol. The number of aliphatic imine (C=N–C) groups is 1. The summed E-state index contributed by atoms with van der Waals surface area (Å²) in [6.07, 6.45) is 0. The van der Waals surface area contributed by atoms with Crippen LogP contribution in [0.25, 0.3) is 0 Å². The number of hydrogen-bond donors (Lipinski definition) is 1. The summed E-state index contributed by atoms with van der Waals surface area (Å²) in [5.74, 6) is 0. The summed E-state index contributed by atoms with van der Waals surface area (Å²) >= 11 is 0.